The van der Waals surface area contributed by atoms with Gasteiger partial charge < -0.3 is 20.3 Å². The van der Waals surface area contributed by atoms with Crippen molar-refractivity contribution in [1.82, 2.24) is 15.5 Å². The number of halogens is 1. The van der Waals surface area contributed by atoms with Crippen LogP contribution in [0.3, 0.4) is 0 Å². The number of methoxy groups -OCH3 is 1. The molecule has 6 heteroatoms. The first-order valence-corrected chi connectivity index (χ1v) is 9.97. The molecule has 25 heavy (non-hydrogen) atoms. The van der Waals surface area contributed by atoms with Gasteiger partial charge in [0, 0.05) is 42.8 Å². The molecule has 1 fully saturated rings. The summed E-state index contributed by atoms with van der Waals surface area (Å²) in [7, 11) is 3.52. The minimum absolute atomic E-state index is 0.494. The Bertz CT molecular complexity index is 556. The molecule has 0 aromatic heterocycles. The summed E-state index contributed by atoms with van der Waals surface area (Å²) >= 11 is 3.52. The summed E-state index contributed by atoms with van der Waals surface area (Å²) in [6.45, 7) is 6.52. The number of nitrogens with zero attached hydrogens (tertiary/aromatic N) is 2. The van der Waals surface area contributed by atoms with E-state index in [1.165, 1.54) is 45.3 Å². The Labute approximate surface area is 160 Å². The average Bonchev–Trinajstić information content (AvgIpc) is 2.64. The number of guanidine groups is 1. The van der Waals surface area contributed by atoms with E-state index in [-0.39, 0.29) is 0 Å². The number of rotatable bonds is 7. The maximum Gasteiger partial charge on any atom is 0.191 e. The lowest BCUT2D eigenvalue weighted by molar-refractivity contribution is 0.203. The lowest BCUT2D eigenvalue weighted by Gasteiger charge is -2.33. The fraction of sp³-hybridized carbons (Fsp3) is 0.632. The van der Waals surface area contributed by atoms with Crippen molar-refractivity contribution in [2.24, 2.45) is 4.99 Å². The number of hydrogen-bond acceptors (Lipinski definition) is 3. The topological polar surface area (TPSA) is 48.9 Å². The Morgan fingerprint density at radius 3 is 2.76 bits per heavy atom. The van der Waals surface area contributed by atoms with Crippen LogP contribution in [-0.2, 0) is 6.54 Å². The molecular formula is C19H31BrN4O. The SMILES string of the molecule is CCCCN1CCC(NC(=NC)NCc2cc(Br)ccc2OC)CC1. The summed E-state index contributed by atoms with van der Waals surface area (Å²) in [5.41, 5.74) is 1.11. The molecule has 5 nitrogen and oxygen atoms in total. The molecule has 0 unspecified atom stereocenters. The number of benzene rings is 1. The number of piperidine rings is 1. The molecule has 1 heterocycles. The molecule has 0 bridgehead atoms. The Kier molecular flexibility index (Phi) is 8.55. The Morgan fingerprint density at radius 1 is 1.36 bits per heavy atom. The third-order valence-electron chi connectivity index (χ3n) is 4.67. The first-order valence-electron chi connectivity index (χ1n) is 9.18. The van der Waals surface area contributed by atoms with E-state index in [1.54, 1.807) is 7.11 Å². The van der Waals surface area contributed by atoms with E-state index in [9.17, 15) is 0 Å². The van der Waals surface area contributed by atoms with E-state index >= 15 is 0 Å². The van der Waals surface area contributed by atoms with E-state index < -0.39 is 0 Å². The minimum Gasteiger partial charge on any atom is -0.496 e. The fourth-order valence-electron chi connectivity index (χ4n) is 3.13. The molecule has 2 N–H and O–H groups in total. The summed E-state index contributed by atoms with van der Waals surface area (Å²) in [4.78, 5) is 6.95. The highest BCUT2D eigenvalue weighted by molar-refractivity contribution is 9.10. The number of hydrogen-bond donors (Lipinski definition) is 2. The third kappa shape index (κ3) is 6.51. The molecule has 1 aliphatic heterocycles. The molecular weight excluding hydrogens is 380 g/mol. The monoisotopic (exact) mass is 410 g/mol. The van der Waals surface area contributed by atoms with Gasteiger partial charge in [-0.15, -0.1) is 0 Å². The van der Waals surface area contributed by atoms with Crippen LogP contribution >= 0.6 is 15.9 Å². The summed E-state index contributed by atoms with van der Waals surface area (Å²) in [5.74, 6) is 1.74. The van der Waals surface area contributed by atoms with E-state index in [1.807, 2.05) is 19.2 Å². The van der Waals surface area contributed by atoms with Crippen LogP contribution in [0.4, 0.5) is 0 Å². The molecule has 0 radical (unpaired) electrons. The third-order valence-corrected chi connectivity index (χ3v) is 5.16. The first kappa shape index (κ1) is 20.0. The molecule has 0 atom stereocenters. The molecule has 1 saturated heterocycles. The standard InChI is InChI=1S/C19H31BrN4O/c1-4-5-10-24-11-8-17(9-12-24)23-19(21-2)22-14-15-13-16(20)6-7-18(15)25-3/h6-7,13,17H,4-5,8-12,14H2,1-3H3,(H2,21,22,23). The maximum atomic E-state index is 5.43. The second kappa shape index (κ2) is 10.7. The number of nitrogens with one attached hydrogen (secondary N) is 2. The number of aliphatic imine (C=N–C) groups is 1. The predicted octanol–water partition coefficient (Wildman–Crippen LogP) is 3.39. The van der Waals surface area contributed by atoms with Gasteiger partial charge in [0.15, 0.2) is 5.96 Å². The maximum absolute atomic E-state index is 5.43. The van der Waals surface area contributed by atoms with E-state index in [0.717, 1.165) is 21.7 Å². The zero-order chi connectivity index (χ0) is 18.1. The van der Waals surface area contributed by atoms with Gasteiger partial charge in [0.25, 0.3) is 0 Å². The average molecular weight is 411 g/mol. The molecule has 1 aromatic carbocycles. The zero-order valence-corrected chi connectivity index (χ0v) is 17.2. The van der Waals surface area contributed by atoms with E-state index in [2.05, 4.69) is 49.4 Å². The molecule has 140 valence electrons. The predicted molar refractivity (Wildman–Crippen MR) is 108 cm³/mol. The zero-order valence-electron chi connectivity index (χ0n) is 15.6. The first-order chi connectivity index (χ1) is 12.2. The van der Waals surface area contributed by atoms with Crippen LogP contribution in [0.2, 0.25) is 0 Å². The number of unbranched alkanes of at least 4 members (excludes halogenated alkanes) is 1. The van der Waals surface area contributed by atoms with Crippen molar-refractivity contribution in [2.45, 2.75) is 45.2 Å². The van der Waals surface area contributed by atoms with Gasteiger partial charge in [-0.1, -0.05) is 29.3 Å². The smallest absolute Gasteiger partial charge is 0.191 e. The molecule has 2 rings (SSSR count). The van der Waals surface area contributed by atoms with Crippen LogP contribution < -0.4 is 15.4 Å². The van der Waals surface area contributed by atoms with E-state index in [4.69, 9.17) is 4.74 Å². The number of likely N-dealkylation sites (tertiary alicyclic amines) is 1. The van der Waals surface area contributed by atoms with Crippen molar-refractivity contribution in [2.75, 3.05) is 33.8 Å². The molecule has 0 saturated carbocycles. The van der Waals surface area contributed by atoms with Crippen molar-refractivity contribution >= 4 is 21.9 Å². The molecule has 1 aromatic rings. The fourth-order valence-corrected chi connectivity index (χ4v) is 3.54. The Morgan fingerprint density at radius 2 is 2.12 bits per heavy atom. The van der Waals surface area contributed by atoms with Gasteiger partial charge in [0.05, 0.1) is 7.11 Å². The van der Waals surface area contributed by atoms with Crippen molar-refractivity contribution in [3.63, 3.8) is 0 Å². The van der Waals surface area contributed by atoms with Gasteiger partial charge in [-0.25, -0.2) is 0 Å². The highest BCUT2D eigenvalue weighted by atomic mass is 79.9. The summed E-state index contributed by atoms with van der Waals surface area (Å²) in [6, 6.07) is 6.53. The van der Waals surface area contributed by atoms with Crippen molar-refractivity contribution in [3.05, 3.63) is 28.2 Å². The van der Waals surface area contributed by atoms with Gasteiger partial charge in [-0.2, -0.15) is 0 Å². The second-order valence-corrected chi connectivity index (χ2v) is 7.41. The van der Waals surface area contributed by atoms with Crippen LogP contribution in [0.1, 0.15) is 38.2 Å². The summed E-state index contributed by atoms with van der Waals surface area (Å²) < 4.78 is 6.48. The van der Waals surface area contributed by atoms with Crippen LogP contribution in [-0.4, -0.2) is 50.7 Å². The second-order valence-electron chi connectivity index (χ2n) is 6.50. The van der Waals surface area contributed by atoms with Crippen molar-refractivity contribution < 1.29 is 4.74 Å². The summed E-state index contributed by atoms with van der Waals surface area (Å²) in [6.07, 6.45) is 4.92. The van der Waals surface area contributed by atoms with Gasteiger partial charge >= 0.3 is 0 Å². The lowest BCUT2D eigenvalue weighted by atomic mass is 10.0. The van der Waals surface area contributed by atoms with Crippen molar-refractivity contribution in [3.8, 4) is 5.75 Å². The molecule has 0 aliphatic carbocycles. The number of ether oxygens (including phenoxy) is 1. The van der Waals surface area contributed by atoms with Crippen LogP contribution in [0, 0.1) is 0 Å². The largest absolute Gasteiger partial charge is 0.496 e. The van der Waals surface area contributed by atoms with Crippen LogP contribution in [0.5, 0.6) is 5.75 Å². The van der Waals surface area contributed by atoms with Gasteiger partial charge in [0.1, 0.15) is 5.75 Å². The minimum atomic E-state index is 0.494. The highest BCUT2D eigenvalue weighted by Gasteiger charge is 2.19. The Balaban J connectivity index is 1.81. The Hall–Kier alpha value is -1.27. The normalized spacial score (nSPS) is 16.7. The van der Waals surface area contributed by atoms with E-state index in [0.29, 0.717) is 12.6 Å². The molecule has 0 amide bonds. The van der Waals surface area contributed by atoms with Gasteiger partial charge in [0.2, 0.25) is 0 Å². The van der Waals surface area contributed by atoms with Gasteiger partial charge in [-0.05, 0) is 44.0 Å². The molecule has 0 spiro atoms. The van der Waals surface area contributed by atoms with Gasteiger partial charge in [-0.3, -0.25) is 4.99 Å². The van der Waals surface area contributed by atoms with Crippen LogP contribution in [0.15, 0.2) is 27.7 Å². The highest BCUT2D eigenvalue weighted by Crippen LogP contribution is 2.22. The van der Waals surface area contributed by atoms with Crippen LogP contribution in [0.25, 0.3) is 0 Å². The summed E-state index contributed by atoms with van der Waals surface area (Å²) in [5, 5.41) is 6.97. The lowest BCUT2D eigenvalue weighted by Crippen LogP contribution is -2.48. The molecule has 1 aliphatic rings. The quantitative estimate of drug-likeness (QED) is 0.534. The van der Waals surface area contributed by atoms with Crippen molar-refractivity contribution in [1.29, 1.82) is 0 Å².